The van der Waals surface area contributed by atoms with Crippen LogP contribution in [-0.4, -0.2) is 29.7 Å². The normalized spacial score (nSPS) is 33.1. The van der Waals surface area contributed by atoms with Crippen LogP contribution in [0.5, 0.6) is 0 Å². The van der Waals surface area contributed by atoms with Crippen LogP contribution in [0.2, 0.25) is 0 Å². The molecule has 2 atom stereocenters. The summed E-state index contributed by atoms with van der Waals surface area (Å²) in [7, 11) is 0. The van der Waals surface area contributed by atoms with Gasteiger partial charge in [0.1, 0.15) is 11.7 Å². The summed E-state index contributed by atoms with van der Waals surface area (Å²) in [6.45, 7) is 2.40. The molecule has 1 saturated heterocycles. The Morgan fingerprint density at radius 1 is 0.952 bits per heavy atom. The van der Waals surface area contributed by atoms with Crippen molar-refractivity contribution >= 4 is 5.69 Å². The average Bonchev–Trinajstić information content (AvgIpc) is 2.97. The summed E-state index contributed by atoms with van der Waals surface area (Å²) >= 11 is 0. The van der Waals surface area contributed by atoms with Gasteiger partial charge in [-0.2, -0.15) is 5.11 Å². The fourth-order valence-electron chi connectivity index (χ4n) is 4.34. The van der Waals surface area contributed by atoms with Crippen molar-refractivity contribution in [3.05, 3.63) is 30.3 Å². The minimum absolute atomic E-state index is 0.0139. The first-order chi connectivity index (χ1) is 10.4. The van der Waals surface area contributed by atoms with Gasteiger partial charge in [0, 0.05) is 13.1 Å². The molecule has 3 aliphatic rings. The first kappa shape index (κ1) is 13.3. The van der Waals surface area contributed by atoms with Crippen LogP contribution in [-0.2, 0) is 0 Å². The third-order valence-corrected chi connectivity index (χ3v) is 5.36. The molecule has 2 aliphatic heterocycles. The number of anilines is 1. The Labute approximate surface area is 126 Å². The zero-order chi connectivity index (χ0) is 14.1. The number of benzene rings is 1. The second kappa shape index (κ2) is 5.41. The van der Waals surface area contributed by atoms with Gasteiger partial charge in [-0.1, -0.05) is 36.3 Å². The van der Waals surface area contributed by atoms with Gasteiger partial charge in [0.05, 0.1) is 5.69 Å². The van der Waals surface area contributed by atoms with Gasteiger partial charge in [-0.3, -0.25) is 4.90 Å². The summed E-state index contributed by atoms with van der Waals surface area (Å²) in [6, 6.07) is 11.0. The van der Waals surface area contributed by atoms with Gasteiger partial charge in [0.15, 0.2) is 0 Å². The molecule has 2 heterocycles. The number of fused-ring (bicyclic) bond motifs is 1. The second-order valence-corrected chi connectivity index (χ2v) is 6.54. The molecule has 0 radical (unpaired) electrons. The molecule has 1 aromatic rings. The van der Waals surface area contributed by atoms with E-state index in [4.69, 9.17) is 0 Å². The van der Waals surface area contributed by atoms with E-state index in [0.29, 0.717) is 6.04 Å². The smallest absolute Gasteiger partial charge is 0.141 e. The molecule has 4 heteroatoms. The number of hydrogen-bond acceptors (Lipinski definition) is 4. The number of piperidine rings is 1. The number of rotatable bonds is 2. The van der Waals surface area contributed by atoms with Crippen LogP contribution >= 0.6 is 0 Å². The summed E-state index contributed by atoms with van der Waals surface area (Å²) < 4.78 is 0. The monoisotopic (exact) mass is 284 g/mol. The van der Waals surface area contributed by atoms with Crippen molar-refractivity contribution in [1.29, 1.82) is 0 Å². The van der Waals surface area contributed by atoms with E-state index in [9.17, 15) is 0 Å². The summed E-state index contributed by atoms with van der Waals surface area (Å²) in [5.41, 5.74) is 1.20. The molecule has 1 aliphatic carbocycles. The fourth-order valence-corrected chi connectivity index (χ4v) is 4.34. The lowest BCUT2D eigenvalue weighted by molar-refractivity contribution is 0.0296. The van der Waals surface area contributed by atoms with Crippen LogP contribution in [0.1, 0.15) is 44.9 Å². The molecular formula is C17H24N4. The average molecular weight is 284 g/mol. The van der Waals surface area contributed by atoms with Crippen molar-refractivity contribution < 1.29 is 0 Å². The summed E-state index contributed by atoms with van der Waals surface area (Å²) in [5, 5.41) is 11.5. The Morgan fingerprint density at radius 2 is 1.76 bits per heavy atom. The van der Waals surface area contributed by atoms with Crippen LogP contribution in [0.25, 0.3) is 0 Å². The highest BCUT2D eigenvalue weighted by Crippen LogP contribution is 2.46. The Bertz CT molecular complexity index is 509. The molecule has 2 fully saturated rings. The lowest BCUT2D eigenvalue weighted by Gasteiger charge is -2.51. The molecule has 0 spiro atoms. The number of hydrogen-bond donors (Lipinski definition) is 0. The maximum atomic E-state index is 4.67. The molecule has 0 aromatic heterocycles. The highest BCUT2D eigenvalue weighted by Gasteiger charge is 2.54. The molecule has 112 valence electrons. The number of para-hydroxylation sites is 1. The van der Waals surface area contributed by atoms with Gasteiger partial charge in [-0.05, 0) is 44.2 Å². The molecule has 4 rings (SSSR count). The maximum Gasteiger partial charge on any atom is 0.141 e. The highest BCUT2D eigenvalue weighted by atomic mass is 15.7. The van der Waals surface area contributed by atoms with Gasteiger partial charge in [-0.25, -0.2) is 5.01 Å². The van der Waals surface area contributed by atoms with Crippen LogP contribution in [0, 0.1) is 0 Å². The first-order valence-electron chi connectivity index (χ1n) is 8.42. The molecular weight excluding hydrogens is 260 g/mol. The Hall–Kier alpha value is -1.42. The fraction of sp³-hybridized carbons (Fsp3) is 0.647. The molecule has 1 aromatic carbocycles. The van der Waals surface area contributed by atoms with Crippen LogP contribution in [0.3, 0.4) is 0 Å². The highest BCUT2D eigenvalue weighted by molar-refractivity contribution is 5.49. The molecule has 4 nitrogen and oxygen atoms in total. The number of likely N-dealkylation sites (tertiary alicyclic amines) is 1. The Kier molecular flexibility index (Phi) is 3.42. The van der Waals surface area contributed by atoms with Crippen molar-refractivity contribution in [2.24, 2.45) is 10.3 Å². The van der Waals surface area contributed by atoms with Crippen LogP contribution < -0.4 is 5.01 Å². The van der Waals surface area contributed by atoms with E-state index >= 15 is 0 Å². The third-order valence-electron chi connectivity index (χ3n) is 5.36. The van der Waals surface area contributed by atoms with Crippen molar-refractivity contribution in [1.82, 2.24) is 4.90 Å². The van der Waals surface area contributed by atoms with E-state index in [2.05, 4.69) is 50.6 Å². The summed E-state index contributed by atoms with van der Waals surface area (Å²) in [5.74, 6) is 0. The van der Waals surface area contributed by atoms with Crippen molar-refractivity contribution in [3.8, 4) is 0 Å². The Morgan fingerprint density at radius 3 is 2.57 bits per heavy atom. The van der Waals surface area contributed by atoms with Crippen LogP contribution in [0.4, 0.5) is 5.69 Å². The first-order valence-corrected chi connectivity index (χ1v) is 8.42. The quantitative estimate of drug-likeness (QED) is 0.822. The van der Waals surface area contributed by atoms with Gasteiger partial charge in [0.2, 0.25) is 0 Å². The lowest BCUT2D eigenvalue weighted by Crippen LogP contribution is -2.65. The Balaban J connectivity index is 1.73. The van der Waals surface area contributed by atoms with E-state index in [1.807, 2.05) is 0 Å². The molecule has 0 N–H and O–H groups in total. The minimum atomic E-state index is 0.0139. The maximum absolute atomic E-state index is 4.67. The van der Waals surface area contributed by atoms with Crippen molar-refractivity contribution in [2.75, 3.05) is 18.1 Å². The summed E-state index contributed by atoms with van der Waals surface area (Å²) in [4.78, 5) is 2.69. The molecule has 21 heavy (non-hydrogen) atoms. The van der Waals surface area contributed by atoms with Gasteiger partial charge < -0.3 is 0 Å². The van der Waals surface area contributed by atoms with Crippen molar-refractivity contribution in [3.63, 3.8) is 0 Å². The SMILES string of the molecule is c1ccc(N2N=NC3CCCCC32N2CCCCC2)cc1. The standard InChI is InChI=1S/C17H24N4/c1-3-9-15(10-4-1)21-17(20-13-7-2-8-14-20)12-6-5-11-16(17)18-19-21/h1,3-4,9-10,16H,2,5-8,11-14H2. The number of nitrogens with zero attached hydrogens (tertiary/aromatic N) is 4. The zero-order valence-electron chi connectivity index (χ0n) is 12.6. The lowest BCUT2D eigenvalue weighted by atomic mass is 9.81. The van der Waals surface area contributed by atoms with E-state index in [0.717, 1.165) is 0 Å². The third kappa shape index (κ3) is 2.08. The second-order valence-electron chi connectivity index (χ2n) is 6.54. The largest absolute Gasteiger partial charge is 0.277 e. The van der Waals surface area contributed by atoms with Gasteiger partial charge in [0.25, 0.3) is 0 Å². The van der Waals surface area contributed by atoms with Crippen molar-refractivity contribution in [2.45, 2.75) is 56.7 Å². The molecule has 2 unspecified atom stereocenters. The van der Waals surface area contributed by atoms with E-state index < -0.39 is 0 Å². The van der Waals surface area contributed by atoms with Gasteiger partial charge >= 0.3 is 0 Å². The minimum Gasteiger partial charge on any atom is -0.277 e. The summed E-state index contributed by atoms with van der Waals surface area (Å²) in [6.07, 6.45) is 8.97. The van der Waals surface area contributed by atoms with E-state index in [1.54, 1.807) is 0 Å². The topological polar surface area (TPSA) is 31.2 Å². The zero-order valence-corrected chi connectivity index (χ0v) is 12.6. The van der Waals surface area contributed by atoms with E-state index in [1.165, 1.54) is 63.7 Å². The van der Waals surface area contributed by atoms with Crippen LogP contribution in [0.15, 0.2) is 40.7 Å². The van der Waals surface area contributed by atoms with E-state index in [-0.39, 0.29) is 5.66 Å². The predicted octanol–water partition coefficient (Wildman–Crippen LogP) is 4.00. The predicted molar refractivity (Wildman–Crippen MR) is 84.2 cm³/mol. The molecule has 0 bridgehead atoms. The molecule has 0 amide bonds. The molecule has 1 saturated carbocycles. The van der Waals surface area contributed by atoms with Gasteiger partial charge in [-0.15, -0.1) is 0 Å².